The van der Waals surface area contributed by atoms with Crippen LogP contribution in [-0.4, -0.2) is 41.5 Å². The van der Waals surface area contributed by atoms with Crippen molar-refractivity contribution < 1.29 is 14.6 Å². The molecule has 5 heteroatoms. The number of carbonyl (C=O) groups is 1. The lowest BCUT2D eigenvalue weighted by Gasteiger charge is -2.30. The first-order valence-corrected chi connectivity index (χ1v) is 6.36. The molecule has 0 radical (unpaired) electrons. The summed E-state index contributed by atoms with van der Waals surface area (Å²) in [7, 11) is 1.46. The summed E-state index contributed by atoms with van der Waals surface area (Å²) < 4.78 is 5.00. The third kappa shape index (κ3) is 2.53. The third-order valence-corrected chi connectivity index (χ3v) is 3.46. The molecule has 1 aromatic carbocycles. The number of carbonyl (C=O) groups excluding carboxylic acids is 1. The molecule has 0 spiro atoms. The SMILES string of the molecule is COc1cccc(C(=O)N2CCCC(Cl)C2)c1O. The maximum absolute atomic E-state index is 12.3. The minimum Gasteiger partial charge on any atom is -0.504 e. The average Bonchev–Trinajstić information content (AvgIpc) is 2.38. The van der Waals surface area contributed by atoms with Crippen molar-refractivity contribution in [2.75, 3.05) is 20.2 Å². The van der Waals surface area contributed by atoms with Crippen LogP contribution >= 0.6 is 11.6 Å². The molecule has 0 aromatic heterocycles. The number of piperidine rings is 1. The Morgan fingerprint density at radius 1 is 1.56 bits per heavy atom. The molecule has 2 rings (SSSR count). The first-order valence-electron chi connectivity index (χ1n) is 5.92. The molecule has 1 aliphatic rings. The Bertz CT molecular complexity index is 450. The van der Waals surface area contributed by atoms with E-state index >= 15 is 0 Å². The van der Waals surface area contributed by atoms with Gasteiger partial charge in [-0.15, -0.1) is 11.6 Å². The molecule has 1 aliphatic heterocycles. The highest BCUT2D eigenvalue weighted by Gasteiger charge is 2.25. The van der Waals surface area contributed by atoms with Crippen molar-refractivity contribution in [3.63, 3.8) is 0 Å². The van der Waals surface area contributed by atoms with Gasteiger partial charge in [0.1, 0.15) is 0 Å². The van der Waals surface area contributed by atoms with Gasteiger partial charge in [-0.1, -0.05) is 6.07 Å². The second kappa shape index (κ2) is 5.48. The Kier molecular flexibility index (Phi) is 3.97. The highest BCUT2D eigenvalue weighted by atomic mass is 35.5. The van der Waals surface area contributed by atoms with Gasteiger partial charge in [0.15, 0.2) is 11.5 Å². The second-order valence-electron chi connectivity index (χ2n) is 4.35. The molecule has 1 aromatic rings. The summed E-state index contributed by atoms with van der Waals surface area (Å²) >= 11 is 6.06. The number of phenols is 1. The maximum atomic E-state index is 12.3. The number of likely N-dealkylation sites (tertiary alicyclic amines) is 1. The number of aromatic hydroxyl groups is 1. The first-order chi connectivity index (χ1) is 8.63. The number of methoxy groups -OCH3 is 1. The van der Waals surface area contributed by atoms with Crippen LogP contribution in [0, 0.1) is 0 Å². The Hall–Kier alpha value is -1.42. The molecule has 0 saturated carbocycles. The number of hydrogen-bond acceptors (Lipinski definition) is 3. The fourth-order valence-electron chi connectivity index (χ4n) is 2.14. The molecule has 0 bridgehead atoms. The average molecular weight is 270 g/mol. The van der Waals surface area contributed by atoms with Gasteiger partial charge in [-0.25, -0.2) is 0 Å². The quantitative estimate of drug-likeness (QED) is 0.838. The number of rotatable bonds is 2. The lowest BCUT2D eigenvalue weighted by Crippen LogP contribution is -2.40. The Morgan fingerprint density at radius 2 is 2.33 bits per heavy atom. The summed E-state index contributed by atoms with van der Waals surface area (Å²) in [6, 6.07) is 4.90. The van der Waals surface area contributed by atoms with Crippen molar-refractivity contribution in [3.05, 3.63) is 23.8 Å². The van der Waals surface area contributed by atoms with Crippen molar-refractivity contribution in [2.24, 2.45) is 0 Å². The van der Waals surface area contributed by atoms with E-state index in [1.165, 1.54) is 7.11 Å². The van der Waals surface area contributed by atoms with Crippen LogP contribution in [0.3, 0.4) is 0 Å². The molecule has 1 amide bonds. The standard InChI is InChI=1S/C13H16ClNO3/c1-18-11-6-2-5-10(12(11)16)13(17)15-7-3-4-9(14)8-15/h2,5-6,9,16H,3-4,7-8H2,1H3. The van der Waals surface area contributed by atoms with E-state index in [1.807, 2.05) is 0 Å². The fraction of sp³-hybridized carbons (Fsp3) is 0.462. The maximum Gasteiger partial charge on any atom is 0.257 e. The number of amides is 1. The number of para-hydroxylation sites is 1. The lowest BCUT2D eigenvalue weighted by molar-refractivity contribution is 0.0723. The number of phenolic OH excluding ortho intramolecular Hbond substituents is 1. The van der Waals surface area contributed by atoms with Crippen molar-refractivity contribution in [3.8, 4) is 11.5 Å². The van der Waals surface area contributed by atoms with Crippen LogP contribution in [0.15, 0.2) is 18.2 Å². The topological polar surface area (TPSA) is 49.8 Å². The summed E-state index contributed by atoms with van der Waals surface area (Å²) in [5.74, 6) is -0.00118. The predicted molar refractivity (Wildman–Crippen MR) is 69.4 cm³/mol. The van der Waals surface area contributed by atoms with Crippen LogP contribution in [0.5, 0.6) is 11.5 Å². The van der Waals surface area contributed by atoms with Gasteiger partial charge >= 0.3 is 0 Å². The Morgan fingerprint density at radius 3 is 3.00 bits per heavy atom. The Balaban J connectivity index is 2.23. The van der Waals surface area contributed by atoms with Crippen LogP contribution < -0.4 is 4.74 Å². The van der Waals surface area contributed by atoms with E-state index in [4.69, 9.17) is 16.3 Å². The van der Waals surface area contributed by atoms with Crippen LogP contribution in [0.4, 0.5) is 0 Å². The van der Waals surface area contributed by atoms with Crippen molar-refractivity contribution in [2.45, 2.75) is 18.2 Å². The lowest BCUT2D eigenvalue weighted by atomic mass is 10.1. The highest BCUT2D eigenvalue weighted by molar-refractivity contribution is 6.21. The van der Waals surface area contributed by atoms with Crippen molar-refractivity contribution in [1.29, 1.82) is 0 Å². The number of nitrogens with zero attached hydrogens (tertiary/aromatic N) is 1. The van der Waals surface area contributed by atoms with Gasteiger partial charge in [0.2, 0.25) is 0 Å². The van der Waals surface area contributed by atoms with Gasteiger partial charge in [-0.05, 0) is 25.0 Å². The molecular formula is C13H16ClNO3. The van der Waals surface area contributed by atoms with Crippen molar-refractivity contribution in [1.82, 2.24) is 4.90 Å². The van der Waals surface area contributed by atoms with E-state index in [9.17, 15) is 9.90 Å². The van der Waals surface area contributed by atoms with Crippen LogP contribution in [0.2, 0.25) is 0 Å². The van der Waals surface area contributed by atoms with E-state index in [-0.39, 0.29) is 22.6 Å². The zero-order valence-electron chi connectivity index (χ0n) is 10.2. The summed E-state index contributed by atoms with van der Waals surface area (Å²) in [5, 5.41) is 9.95. The highest BCUT2D eigenvalue weighted by Crippen LogP contribution is 2.31. The molecule has 0 aliphatic carbocycles. The van der Waals surface area contributed by atoms with Crippen molar-refractivity contribution >= 4 is 17.5 Å². The molecule has 1 unspecified atom stereocenters. The number of halogens is 1. The van der Waals surface area contributed by atoms with Gasteiger partial charge in [-0.2, -0.15) is 0 Å². The normalized spacial score (nSPS) is 19.7. The van der Waals surface area contributed by atoms with Crippen LogP contribution in [-0.2, 0) is 0 Å². The summed E-state index contributed by atoms with van der Waals surface area (Å²) in [6.07, 6.45) is 1.82. The predicted octanol–water partition coefficient (Wildman–Crippen LogP) is 2.24. The molecule has 98 valence electrons. The van der Waals surface area contributed by atoms with Crippen LogP contribution in [0.25, 0.3) is 0 Å². The molecular weight excluding hydrogens is 254 g/mol. The summed E-state index contributed by atoms with van der Waals surface area (Å²) in [4.78, 5) is 14.0. The monoisotopic (exact) mass is 269 g/mol. The minimum atomic E-state index is -0.197. The van der Waals surface area contributed by atoms with Gasteiger partial charge < -0.3 is 14.7 Å². The first kappa shape index (κ1) is 13.0. The molecule has 1 N–H and O–H groups in total. The van der Waals surface area contributed by atoms with E-state index in [2.05, 4.69) is 0 Å². The summed E-state index contributed by atoms with van der Waals surface area (Å²) in [5.41, 5.74) is 0.264. The molecule has 1 heterocycles. The van der Waals surface area contributed by atoms with Gasteiger partial charge in [0, 0.05) is 13.1 Å². The van der Waals surface area contributed by atoms with Gasteiger partial charge in [0.05, 0.1) is 18.1 Å². The number of alkyl halides is 1. The zero-order chi connectivity index (χ0) is 13.1. The molecule has 4 nitrogen and oxygen atoms in total. The molecule has 1 atom stereocenters. The third-order valence-electron chi connectivity index (χ3n) is 3.10. The zero-order valence-corrected chi connectivity index (χ0v) is 11.0. The largest absolute Gasteiger partial charge is 0.504 e. The van der Waals surface area contributed by atoms with Gasteiger partial charge in [-0.3, -0.25) is 4.79 Å². The molecule has 1 fully saturated rings. The fourth-order valence-corrected chi connectivity index (χ4v) is 2.46. The van der Waals surface area contributed by atoms with E-state index in [0.717, 1.165) is 12.8 Å². The number of hydrogen-bond donors (Lipinski definition) is 1. The number of ether oxygens (including phenoxy) is 1. The van der Waals surface area contributed by atoms with Gasteiger partial charge in [0.25, 0.3) is 5.91 Å². The summed E-state index contributed by atoms with van der Waals surface area (Å²) in [6.45, 7) is 1.20. The van der Waals surface area contributed by atoms with Crippen LogP contribution in [0.1, 0.15) is 23.2 Å². The smallest absolute Gasteiger partial charge is 0.257 e. The second-order valence-corrected chi connectivity index (χ2v) is 4.96. The molecule has 1 saturated heterocycles. The van der Waals surface area contributed by atoms with E-state index in [1.54, 1.807) is 23.1 Å². The number of benzene rings is 1. The van der Waals surface area contributed by atoms with E-state index < -0.39 is 0 Å². The molecule has 18 heavy (non-hydrogen) atoms. The Labute approximate surface area is 111 Å². The minimum absolute atomic E-state index is 0.00421. The van der Waals surface area contributed by atoms with E-state index in [0.29, 0.717) is 18.8 Å².